The fraction of sp³-hybridized carbons (Fsp3) is 0.333. The highest BCUT2D eigenvalue weighted by Crippen LogP contribution is 2.50. The van der Waals surface area contributed by atoms with Crippen molar-refractivity contribution in [2.45, 2.75) is 36.8 Å². The predicted octanol–water partition coefficient (Wildman–Crippen LogP) is 8.94. The number of benzene rings is 2. The third kappa shape index (κ3) is 8.42. The van der Waals surface area contributed by atoms with Crippen LogP contribution >= 0.6 is 93.5 Å². The number of aromatic nitrogens is 4. The van der Waals surface area contributed by atoms with Crippen LogP contribution in [-0.4, -0.2) is 43.9 Å². The highest BCUT2D eigenvalue weighted by atomic mass is 79.9. The lowest BCUT2D eigenvalue weighted by Gasteiger charge is -2.15. The molecule has 2 aromatic heterocycles. The first kappa shape index (κ1) is 36.0. The molecule has 0 unspecified atom stereocenters. The molecule has 0 saturated carbocycles. The molecule has 4 rings (SSSR count). The lowest BCUT2D eigenvalue weighted by molar-refractivity contribution is 0.274. The summed E-state index contributed by atoms with van der Waals surface area (Å²) < 4.78 is 33.4. The van der Waals surface area contributed by atoms with Crippen LogP contribution in [0.25, 0.3) is 22.1 Å². The zero-order valence-electron chi connectivity index (χ0n) is 22.5. The van der Waals surface area contributed by atoms with Crippen molar-refractivity contribution in [2.75, 3.05) is 14.2 Å². The van der Waals surface area contributed by atoms with E-state index in [2.05, 4.69) is 51.8 Å². The molecule has 18 heteroatoms. The molecule has 0 spiro atoms. The lowest BCUT2D eigenvalue weighted by Crippen LogP contribution is -2.04. The highest BCUT2D eigenvalue weighted by Gasteiger charge is 2.25. The van der Waals surface area contributed by atoms with E-state index in [-0.39, 0.29) is 11.9 Å². The minimum atomic E-state index is -4.24. The molecule has 0 aliphatic rings. The van der Waals surface area contributed by atoms with E-state index in [1.807, 2.05) is 0 Å². The molecule has 2 heterocycles. The van der Waals surface area contributed by atoms with E-state index in [0.29, 0.717) is 81.0 Å². The number of alkyl halides is 2. The molecule has 10 nitrogen and oxygen atoms in total. The molecular formula is C24H24Br2Cl4N4O6P2. The summed E-state index contributed by atoms with van der Waals surface area (Å²) in [5.41, 5.74) is 5.54. The maximum Gasteiger partial charge on any atom is 0.336 e. The Kier molecular flexibility index (Phi) is 12.7. The molecule has 0 radical (unpaired) electrons. The van der Waals surface area contributed by atoms with Crippen LogP contribution in [0.15, 0.2) is 12.1 Å². The van der Waals surface area contributed by atoms with Gasteiger partial charge in [-0.15, -0.1) is 0 Å². The van der Waals surface area contributed by atoms with E-state index in [1.165, 1.54) is 14.2 Å². The average molecular weight is 828 g/mol. The Morgan fingerprint density at radius 2 is 1.10 bits per heavy atom. The van der Waals surface area contributed by atoms with Gasteiger partial charge in [0.15, 0.2) is 0 Å². The first-order valence-corrected chi connectivity index (χ1v) is 19.0. The average Bonchev–Trinajstić information content (AvgIpc) is 2.94. The quantitative estimate of drug-likeness (QED) is 0.131. The van der Waals surface area contributed by atoms with Crippen molar-refractivity contribution >= 4 is 116 Å². The zero-order chi connectivity index (χ0) is 31.6. The van der Waals surface area contributed by atoms with Gasteiger partial charge in [-0.1, -0.05) is 78.3 Å². The van der Waals surface area contributed by atoms with Crippen molar-refractivity contribution in [3.63, 3.8) is 0 Å². The Morgan fingerprint density at radius 3 is 1.50 bits per heavy atom. The standard InChI is InChI=1S/2C12H12BrCl2N2O3P/c1-19-21(18,20-2)6-12-11(5-13)16-9-3-7(14)8(15)4-10(9)17-12;1-5-9(14)10(15)6(2)12-11(5)16-7(3-13)8(17-12)4-21(18,19)20/h3-4H,5-6H2,1-2H3;3-4H2,1-2H3,(H2,18,19,20). The molecular weight excluding hydrogens is 804 g/mol. The maximum absolute atomic E-state index is 12.3. The third-order valence-electron chi connectivity index (χ3n) is 5.98. The SMILES string of the molecule is COP(=O)(Cc1nc2cc(Cl)c(Cl)cc2nc1CBr)OC.Cc1c(Cl)c(Cl)c(C)c2nc(CP(=O)(O)O)c(CBr)nc12. The van der Waals surface area contributed by atoms with Crippen LogP contribution in [0.5, 0.6) is 0 Å². The largest absolute Gasteiger partial charge is 0.336 e. The van der Waals surface area contributed by atoms with E-state index < -0.39 is 21.4 Å². The topological polar surface area (TPSA) is 145 Å². The number of nitrogens with zero attached hydrogens (tertiary/aromatic N) is 4. The summed E-state index contributed by atoms with van der Waals surface area (Å²) in [5, 5.41) is 2.39. The van der Waals surface area contributed by atoms with Gasteiger partial charge >= 0.3 is 15.2 Å². The molecule has 0 aliphatic heterocycles. The molecule has 228 valence electrons. The van der Waals surface area contributed by atoms with Crippen LogP contribution in [0, 0.1) is 13.8 Å². The molecule has 0 saturated heterocycles. The third-order valence-corrected chi connectivity index (χ3v) is 11.3. The first-order valence-electron chi connectivity index (χ1n) is 11.7. The van der Waals surface area contributed by atoms with Crippen molar-refractivity contribution in [3.05, 3.63) is 66.1 Å². The van der Waals surface area contributed by atoms with Crippen molar-refractivity contribution < 1.29 is 28.0 Å². The van der Waals surface area contributed by atoms with Crippen molar-refractivity contribution in [1.29, 1.82) is 0 Å². The van der Waals surface area contributed by atoms with E-state index >= 15 is 0 Å². The summed E-state index contributed by atoms with van der Waals surface area (Å²) in [6, 6.07) is 3.27. The van der Waals surface area contributed by atoms with Crippen LogP contribution in [0.1, 0.15) is 33.9 Å². The second-order valence-electron chi connectivity index (χ2n) is 8.79. The molecule has 0 amide bonds. The Balaban J connectivity index is 0.000000230. The van der Waals surface area contributed by atoms with Gasteiger partial charge in [0, 0.05) is 24.9 Å². The first-order chi connectivity index (χ1) is 19.6. The van der Waals surface area contributed by atoms with E-state index in [9.17, 15) is 9.13 Å². The molecule has 42 heavy (non-hydrogen) atoms. The Morgan fingerprint density at radius 1 is 0.714 bits per heavy atom. The molecule has 0 fully saturated rings. The van der Waals surface area contributed by atoms with E-state index in [4.69, 9.17) is 65.2 Å². The van der Waals surface area contributed by atoms with Gasteiger partial charge < -0.3 is 18.8 Å². The van der Waals surface area contributed by atoms with Gasteiger partial charge in [-0.05, 0) is 37.1 Å². The van der Waals surface area contributed by atoms with Crippen LogP contribution in [0.2, 0.25) is 20.1 Å². The summed E-state index contributed by atoms with van der Waals surface area (Å²) in [6.45, 7) is 3.53. The second kappa shape index (κ2) is 14.8. The number of rotatable bonds is 8. The van der Waals surface area contributed by atoms with Crippen LogP contribution in [0.4, 0.5) is 0 Å². The summed E-state index contributed by atoms with van der Waals surface area (Å²) in [6.07, 6.45) is -0.431. The monoisotopic (exact) mass is 824 g/mol. The van der Waals surface area contributed by atoms with Crippen LogP contribution < -0.4 is 0 Å². The molecule has 2 aromatic carbocycles. The fourth-order valence-electron chi connectivity index (χ4n) is 3.74. The van der Waals surface area contributed by atoms with Gasteiger partial charge in [-0.2, -0.15) is 0 Å². The number of hydrogen-bond acceptors (Lipinski definition) is 8. The maximum atomic E-state index is 12.3. The number of halogens is 6. The minimum absolute atomic E-state index is 0.0319. The number of hydrogen-bond donors (Lipinski definition) is 2. The molecule has 0 atom stereocenters. The lowest BCUT2D eigenvalue weighted by atomic mass is 10.1. The van der Waals surface area contributed by atoms with Gasteiger partial charge in [-0.3, -0.25) is 9.13 Å². The summed E-state index contributed by atoms with van der Waals surface area (Å²) in [7, 11) is -4.79. The van der Waals surface area contributed by atoms with Crippen LogP contribution in [0.3, 0.4) is 0 Å². The normalized spacial score (nSPS) is 12.1. The second-order valence-corrected chi connectivity index (χ2v) is 15.4. The Labute approximate surface area is 278 Å². The van der Waals surface area contributed by atoms with E-state index in [0.717, 1.165) is 0 Å². The summed E-state index contributed by atoms with van der Waals surface area (Å²) >= 11 is 30.9. The Bertz CT molecular complexity index is 1750. The highest BCUT2D eigenvalue weighted by molar-refractivity contribution is 9.08. The van der Waals surface area contributed by atoms with Crippen molar-refractivity contribution in [1.82, 2.24) is 19.9 Å². The van der Waals surface area contributed by atoms with Gasteiger partial charge in [0.25, 0.3) is 0 Å². The summed E-state index contributed by atoms with van der Waals surface area (Å²) in [5.74, 6) is 0. The fourth-order valence-corrected chi connectivity index (χ4v) is 7.09. The van der Waals surface area contributed by atoms with Crippen molar-refractivity contribution in [3.8, 4) is 0 Å². The van der Waals surface area contributed by atoms with Gasteiger partial charge in [-0.25, -0.2) is 19.9 Å². The Hall–Kier alpha value is -0.460. The number of fused-ring (bicyclic) bond motifs is 2. The zero-order valence-corrected chi connectivity index (χ0v) is 30.4. The molecule has 4 aromatic rings. The van der Waals surface area contributed by atoms with E-state index in [1.54, 1.807) is 26.0 Å². The smallest absolute Gasteiger partial charge is 0.324 e. The van der Waals surface area contributed by atoms with Crippen LogP contribution in [-0.2, 0) is 41.2 Å². The van der Waals surface area contributed by atoms with Gasteiger partial charge in [0.1, 0.15) is 0 Å². The van der Waals surface area contributed by atoms with Crippen molar-refractivity contribution in [2.24, 2.45) is 0 Å². The number of aryl methyl sites for hydroxylation is 2. The predicted molar refractivity (Wildman–Crippen MR) is 175 cm³/mol. The summed E-state index contributed by atoms with van der Waals surface area (Å²) in [4.78, 5) is 36.1. The van der Waals surface area contributed by atoms with Gasteiger partial charge in [0.05, 0.1) is 77.3 Å². The molecule has 2 N–H and O–H groups in total. The minimum Gasteiger partial charge on any atom is -0.324 e. The van der Waals surface area contributed by atoms with Gasteiger partial charge in [0.2, 0.25) is 0 Å². The molecule has 0 bridgehead atoms. The molecule has 0 aliphatic carbocycles.